The minimum absolute atomic E-state index is 0.00157. The molecule has 0 atom stereocenters. The summed E-state index contributed by atoms with van der Waals surface area (Å²) in [5.74, 6) is 0.132. The molecule has 0 N–H and O–H groups in total. The summed E-state index contributed by atoms with van der Waals surface area (Å²) in [4.78, 5) is 16.3. The zero-order chi connectivity index (χ0) is 10.3. The number of carbonyl (C=O) groups is 1. The highest BCUT2D eigenvalue weighted by atomic mass is 32.1. The summed E-state index contributed by atoms with van der Waals surface area (Å²) in [6, 6.07) is 1.86. The number of rotatable bonds is 1. The van der Waals surface area contributed by atoms with Gasteiger partial charge in [0.15, 0.2) is 5.78 Å². The summed E-state index contributed by atoms with van der Waals surface area (Å²) in [7, 11) is 0. The van der Waals surface area contributed by atoms with Gasteiger partial charge in [0.2, 0.25) is 4.96 Å². The standard InChI is InChI=1S/C8H6N4OS/c1-4-7(5(2)13)14-8-10-6(3-9)11-12(4)8/h1-2H3. The third-order valence-corrected chi connectivity index (χ3v) is 3.07. The van der Waals surface area contributed by atoms with Crippen LogP contribution in [0.2, 0.25) is 0 Å². The largest absolute Gasteiger partial charge is 0.294 e. The first-order chi connectivity index (χ1) is 6.63. The smallest absolute Gasteiger partial charge is 0.253 e. The van der Waals surface area contributed by atoms with Crippen molar-refractivity contribution in [3.63, 3.8) is 0 Å². The molecule has 2 heterocycles. The van der Waals surface area contributed by atoms with E-state index in [9.17, 15) is 4.79 Å². The second kappa shape index (κ2) is 2.89. The summed E-state index contributed by atoms with van der Waals surface area (Å²) < 4.78 is 1.53. The van der Waals surface area contributed by atoms with Crippen molar-refractivity contribution in [2.75, 3.05) is 0 Å². The van der Waals surface area contributed by atoms with E-state index in [1.807, 2.05) is 6.07 Å². The summed E-state index contributed by atoms with van der Waals surface area (Å²) in [6.07, 6.45) is 0. The number of hydrogen-bond donors (Lipinski definition) is 0. The van der Waals surface area contributed by atoms with Crippen molar-refractivity contribution in [2.45, 2.75) is 13.8 Å². The van der Waals surface area contributed by atoms with Gasteiger partial charge in [-0.2, -0.15) is 10.2 Å². The number of thiazole rings is 1. The molecule has 5 nitrogen and oxygen atoms in total. The molecule has 0 unspecified atom stereocenters. The van der Waals surface area contributed by atoms with Gasteiger partial charge in [-0.05, 0) is 6.92 Å². The summed E-state index contributed by atoms with van der Waals surface area (Å²) in [5.41, 5.74) is 0.742. The normalized spacial score (nSPS) is 10.4. The minimum atomic E-state index is -0.00157. The quantitative estimate of drug-likeness (QED) is 0.657. The van der Waals surface area contributed by atoms with Gasteiger partial charge in [0.1, 0.15) is 6.07 Å². The van der Waals surface area contributed by atoms with E-state index in [4.69, 9.17) is 5.26 Å². The highest BCUT2D eigenvalue weighted by Crippen LogP contribution is 2.21. The predicted molar refractivity (Wildman–Crippen MR) is 50.3 cm³/mol. The molecule has 2 aromatic rings. The lowest BCUT2D eigenvalue weighted by atomic mass is 10.3. The van der Waals surface area contributed by atoms with E-state index in [1.54, 1.807) is 6.92 Å². The van der Waals surface area contributed by atoms with Crippen molar-refractivity contribution < 1.29 is 4.79 Å². The van der Waals surface area contributed by atoms with E-state index < -0.39 is 0 Å². The Morgan fingerprint density at radius 1 is 1.64 bits per heavy atom. The van der Waals surface area contributed by atoms with Crippen LogP contribution >= 0.6 is 11.3 Å². The Hall–Kier alpha value is -1.74. The number of fused-ring (bicyclic) bond motifs is 1. The van der Waals surface area contributed by atoms with Crippen LogP contribution in [0.15, 0.2) is 0 Å². The zero-order valence-corrected chi connectivity index (χ0v) is 8.42. The fourth-order valence-electron chi connectivity index (χ4n) is 1.22. The van der Waals surface area contributed by atoms with E-state index in [0.29, 0.717) is 9.84 Å². The lowest BCUT2D eigenvalue weighted by Gasteiger charge is -1.89. The monoisotopic (exact) mass is 206 g/mol. The van der Waals surface area contributed by atoms with Crippen LogP contribution in [0.25, 0.3) is 4.96 Å². The summed E-state index contributed by atoms with van der Waals surface area (Å²) >= 11 is 1.26. The van der Waals surface area contributed by atoms with Gasteiger partial charge in [0, 0.05) is 6.92 Å². The summed E-state index contributed by atoms with van der Waals surface area (Å²) in [5, 5.41) is 12.5. The average Bonchev–Trinajstić information content (AvgIpc) is 2.65. The maximum atomic E-state index is 11.2. The Morgan fingerprint density at radius 3 is 2.86 bits per heavy atom. The van der Waals surface area contributed by atoms with Crippen LogP contribution in [0.1, 0.15) is 28.1 Å². The Bertz CT molecular complexity index is 560. The van der Waals surface area contributed by atoms with E-state index >= 15 is 0 Å². The van der Waals surface area contributed by atoms with Crippen LogP contribution < -0.4 is 0 Å². The Kier molecular flexibility index (Phi) is 1.82. The number of aromatic nitrogens is 3. The Balaban J connectivity index is 2.74. The highest BCUT2D eigenvalue weighted by Gasteiger charge is 2.15. The van der Waals surface area contributed by atoms with E-state index in [0.717, 1.165) is 5.69 Å². The molecule has 2 rings (SSSR count). The molecular weight excluding hydrogens is 200 g/mol. The molecule has 0 aromatic carbocycles. The van der Waals surface area contributed by atoms with Gasteiger partial charge < -0.3 is 0 Å². The molecule has 0 saturated carbocycles. The highest BCUT2D eigenvalue weighted by molar-refractivity contribution is 7.19. The van der Waals surface area contributed by atoms with Crippen LogP contribution in [-0.2, 0) is 0 Å². The second-order valence-corrected chi connectivity index (χ2v) is 3.79. The maximum absolute atomic E-state index is 11.2. The van der Waals surface area contributed by atoms with Crippen molar-refractivity contribution in [2.24, 2.45) is 0 Å². The molecule has 0 bridgehead atoms. The molecule has 2 aromatic heterocycles. The van der Waals surface area contributed by atoms with Crippen molar-refractivity contribution in [1.82, 2.24) is 14.6 Å². The van der Waals surface area contributed by atoms with E-state index in [-0.39, 0.29) is 11.6 Å². The lowest BCUT2D eigenvalue weighted by Crippen LogP contribution is -1.95. The average molecular weight is 206 g/mol. The molecule has 0 aliphatic rings. The fraction of sp³-hybridized carbons (Fsp3) is 0.250. The van der Waals surface area contributed by atoms with Gasteiger partial charge in [-0.25, -0.2) is 4.52 Å². The van der Waals surface area contributed by atoms with Crippen molar-refractivity contribution in [3.8, 4) is 6.07 Å². The number of ketones is 1. The molecule has 6 heteroatoms. The molecule has 0 aliphatic carbocycles. The van der Waals surface area contributed by atoms with Crippen LogP contribution in [0.5, 0.6) is 0 Å². The van der Waals surface area contributed by atoms with Crippen LogP contribution in [-0.4, -0.2) is 20.4 Å². The molecule has 0 radical (unpaired) electrons. The number of nitriles is 1. The van der Waals surface area contributed by atoms with Gasteiger partial charge in [0.05, 0.1) is 10.6 Å². The SMILES string of the molecule is CC(=O)c1sc2nc(C#N)nn2c1C. The van der Waals surface area contributed by atoms with Gasteiger partial charge in [-0.3, -0.25) is 4.79 Å². The van der Waals surface area contributed by atoms with E-state index in [1.165, 1.54) is 22.8 Å². The predicted octanol–water partition coefficient (Wildman–Crippen LogP) is 1.17. The molecule has 0 amide bonds. The number of nitrogens with zero attached hydrogens (tertiary/aromatic N) is 4. The first kappa shape index (κ1) is 8.84. The summed E-state index contributed by atoms with van der Waals surface area (Å²) in [6.45, 7) is 3.29. The Labute approximate surface area is 83.6 Å². The minimum Gasteiger partial charge on any atom is -0.294 e. The van der Waals surface area contributed by atoms with Gasteiger partial charge in [0.25, 0.3) is 5.82 Å². The number of Topliss-reactive ketones (excluding diaryl/α,β-unsaturated/α-hetero) is 1. The molecule has 14 heavy (non-hydrogen) atoms. The van der Waals surface area contributed by atoms with Gasteiger partial charge in [-0.1, -0.05) is 11.3 Å². The maximum Gasteiger partial charge on any atom is 0.253 e. The van der Waals surface area contributed by atoms with Gasteiger partial charge >= 0.3 is 0 Å². The molecule has 0 aliphatic heterocycles. The molecule has 0 saturated heterocycles. The first-order valence-corrected chi connectivity index (χ1v) is 4.72. The molecular formula is C8H6N4OS. The molecule has 0 fully saturated rings. The number of hydrogen-bond acceptors (Lipinski definition) is 5. The zero-order valence-electron chi connectivity index (χ0n) is 7.61. The fourth-order valence-corrected chi connectivity index (χ4v) is 2.17. The third-order valence-electron chi connectivity index (χ3n) is 1.84. The van der Waals surface area contributed by atoms with Crippen LogP contribution in [0.4, 0.5) is 0 Å². The topological polar surface area (TPSA) is 71.0 Å². The van der Waals surface area contributed by atoms with Crippen molar-refractivity contribution in [3.05, 3.63) is 16.4 Å². The number of aryl methyl sites for hydroxylation is 1. The van der Waals surface area contributed by atoms with Crippen molar-refractivity contribution >= 4 is 22.1 Å². The van der Waals surface area contributed by atoms with Crippen LogP contribution in [0.3, 0.4) is 0 Å². The molecule has 70 valence electrons. The third kappa shape index (κ3) is 1.10. The number of carbonyl (C=O) groups excluding carboxylic acids is 1. The first-order valence-electron chi connectivity index (χ1n) is 3.90. The Morgan fingerprint density at radius 2 is 2.36 bits per heavy atom. The van der Waals surface area contributed by atoms with Crippen LogP contribution in [0, 0.1) is 18.3 Å². The van der Waals surface area contributed by atoms with E-state index in [2.05, 4.69) is 10.1 Å². The van der Waals surface area contributed by atoms with Gasteiger partial charge in [-0.15, -0.1) is 5.10 Å². The lowest BCUT2D eigenvalue weighted by molar-refractivity contribution is 0.102. The van der Waals surface area contributed by atoms with Crippen molar-refractivity contribution in [1.29, 1.82) is 5.26 Å². The second-order valence-electron chi connectivity index (χ2n) is 2.81. The molecule has 0 spiro atoms.